The second kappa shape index (κ2) is 6.68. The minimum Gasteiger partial charge on any atom is -0.436 e. The Labute approximate surface area is 152 Å². The predicted molar refractivity (Wildman–Crippen MR) is 98.3 cm³/mol. The summed E-state index contributed by atoms with van der Waals surface area (Å²) in [6.45, 7) is 0. The van der Waals surface area contributed by atoms with Crippen LogP contribution in [0.3, 0.4) is 0 Å². The third kappa shape index (κ3) is 3.36. The second-order valence-corrected chi connectivity index (χ2v) is 5.70. The van der Waals surface area contributed by atoms with Crippen molar-refractivity contribution in [3.63, 3.8) is 0 Å². The average molecular weight is 360 g/mol. The maximum atomic E-state index is 12.3. The van der Waals surface area contributed by atoms with Gasteiger partial charge in [-0.15, -0.1) is 0 Å². The molecule has 0 bridgehead atoms. The summed E-state index contributed by atoms with van der Waals surface area (Å²) < 4.78 is 5.71. The molecule has 0 saturated heterocycles. The van der Waals surface area contributed by atoms with E-state index in [9.17, 15) is 14.9 Å². The maximum Gasteiger partial charge on any atom is 0.269 e. The molecular formula is C19H12N4O4. The van der Waals surface area contributed by atoms with Crippen LogP contribution in [0.15, 0.2) is 71.4 Å². The van der Waals surface area contributed by atoms with E-state index in [-0.39, 0.29) is 11.6 Å². The Morgan fingerprint density at radius 2 is 1.93 bits per heavy atom. The number of carbonyl (C=O) groups is 1. The molecule has 8 heteroatoms. The molecule has 2 aromatic heterocycles. The number of nitro benzene ring substituents is 1. The number of amides is 1. The average Bonchev–Trinajstić information content (AvgIpc) is 3.12. The molecular weight excluding hydrogens is 348 g/mol. The van der Waals surface area contributed by atoms with Crippen molar-refractivity contribution >= 4 is 28.4 Å². The molecule has 0 aliphatic carbocycles. The van der Waals surface area contributed by atoms with E-state index in [0.29, 0.717) is 28.2 Å². The molecule has 4 rings (SSSR count). The number of nitrogens with zero attached hydrogens (tertiary/aromatic N) is 3. The van der Waals surface area contributed by atoms with Crippen molar-refractivity contribution in [2.75, 3.05) is 5.32 Å². The highest BCUT2D eigenvalue weighted by Crippen LogP contribution is 2.26. The molecule has 8 nitrogen and oxygen atoms in total. The number of nitrogens with one attached hydrogen (secondary N) is 1. The van der Waals surface area contributed by atoms with Gasteiger partial charge < -0.3 is 9.73 Å². The molecule has 1 amide bonds. The minimum absolute atomic E-state index is 0.0708. The van der Waals surface area contributed by atoms with Crippen LogP contribution in [0.4, 0.5) is 11.4 Å². The van der Waals surface area contributed by atoms with E-state index in [4.69, 9.17) is 4.42 Å². The largest absolute Gasteiger partial charge is 0.436 e. The van der Waals surface area contributed by atoms with Crippen molar-refractivity contribution in [3.8, 4) is 11.5 Å². The van der Waals surface area contributed by atoms with E-state index in [0.717, 1.165) is 5.56 Å². The summed E-state index contributed by atoms with van der Waals surface area (Å²) in [6.07, 6.45) is 3.32. The number of hydrogen-bond acceptors (Lipinski definition) is 6. The van der Waals surface area contributed by atoms with E-state index < -0.39 is 4.92 Å². The minimum atomic E-state index is -0.514. The lowest BCUT2D eigenvalue weighted by atomic mass is 10.2. The molecule has 0 fully saturated rings. The Bertz CT molecular complexity index is 1140. The van der Waals surface area contributed by atoms with E-state index >= 15 is 0 Å². The zero-order valence-electron chi connectivity index (χ0n) is 13.8. The van der Waals surface area contributed by atoms with Crippen molar-refractivity contribution < 1.29 is 14.1 Å². The van der Waals surface area contributed by atoms with Crippen LogP contribution in [0.5, 0.6) is 0 Å². The van der Waals surface area contributed by atoms with Crippen molar-refractivity contribution in [1.29, 1.82) is 0 Å². The molecule has 0 aliphatic heterocycles. The van der Waals surface area contributed by atoms with Crippen LogP contribution < -0.4 is 5.32 Å². The number of aromatic nitrogens is 2. The van der Waals surface area contributed by atoms with E-state index in [1.165, 1.54) is 24.3 Å². The first-order valence-electron chi connectivity index (χ1n) is 7.97. The number of anilines is 1. The lowest BCUT2D eigenvalue weighted by Gasteiger charge is -2.04. The molecule has 27 heavy (non-hydrogen) atoms. The summed E-state index contributed by atoms with van der Waals surface area (Å²) in [7, 11) is 0. The standard InChI is InChI=1S/C19H12N4O4/c24-18(12-3-6-15(7-4-12)23(25)26)21-14-5-8-17-16(10-14)22-19(27-17)13-2-1-9-20-11-13/h1-11H,(H,21,24). The molecule has 0 unspecified atom stereocenters. The van der Waals surface area contributed by atoms with Gasteiger partial charge in [-0.1, -0.05) is 0 Å². The highest BCUT2D eigenvalue weighted by molar-refractivity contribution is 6.05. The number of nitro groups is 1. The normalized spacial score (nSPS) is 10.7. The highest BCUT2D eigenvalue weighted by atomic mass is 16.6. The highest BCUT2D eigenvalue weighted by Gasteiger charge is 2.12. The SMILES string of the molecule is O=C(Nc1ccc2oc(-c3cccnc3)nc2c1)c1ccc([N+](=O)[O-])cc1. The van der Waals surface area contributed by atoms with Crippen LogP contribution in [0.2, 0.25) is 0 Å². The van der Waals surface area contributed by atoms with E-state index in [2.05, 4.69) is 15.3 Å². The number of hydrogen-bond donors (Lipinski definition) is 1. The Hall–Kier alpha value is -4.07. The fraction of sp³-hybridized carbons (Fsp3) is 0. The second-order valence-electron chi connectivity index (χ2n) is 5.70. The van der Waals surface area contributed by atoms with Crippen LogP contribution in [0.25, 0.3) is 22.6 Å². The van der Waals surface area contributed by atoms with Crippen LogP contribution in [0.1, 0.15) is 10.4 Å². The molecule has 0 saturated carbocycles. The Kier molecular flexibility index (Phi) is 4.06. The summed E-state index contributed by atoms with van der Waals surface area (Å²) >= 11 is 0. The van der Waals surface area contributed by atoms with Gasteiger partial charge in [-0.2, -0.15) is 0 Å². The third-order valence-electron chi connectivity index (χ3n) is 3.89. The summed E-state index contributed by atoms with van der Waals surface area (Å²) in [5, 5.41) is 13.4. The van der Waals surface area contributed by atoms with E-state index in [1.54, 1.807) is 36.7 Å². The number of benzene rings is 2. The van der Waals surface area contributed by atoms with Crippen molar-refractivity contribution in [1.82, 2.24) is 9.97 Å². The molecule has 1 N–H and O–H groups in total. The van der Waals surface area contributed by atoms with Crippen molar-refractivity contribution in [2.45, 2.75) is 0 Å². The van der Waals surface area contributed by atoms with Crippen LogP contribution in [0, 0.1) is 10.1 Å². The van der Waals surface area contributed by atoms with Crippen LogP contribution >= 0.6 is 0 Å². The zero-order valence-corrected chi connectivity index (χ0v) is 13.8. The zero-order chi connectivity index (χ0) is 18.8. The Balaban J connectivity index is 1.57. The summed E-state index contributed by atoms with van der Waals surface area (Å²) in [5.74, 6) is 0.0668. The van der Waals surface area contributed by atoms with Gasteiger partial charge in [0.1, 0.15) is 5.52 Å². The number of carbonyl (C=O) groups excluding carboxylic acids is 1. The van der Waals surface area contributed by atoms with Crippen molar-refractivity contribution in [2.24, 2.45) is 0 Å². The number of oxazole rings is 1. The topological polar surface area (TPSA) is 111 Å². The molecule has 0 atom stereocenters. The molecule has 2 heterocycles. The summed E-state index contributed by atoms with van der Waals surface area (Å²) in [4.78, 5) is 31.0. The Morgan fingerprint density at radius 3 is 2.63 bits per heavy atom. The molecule has 2 aromatic carbocycles. The van der Waals surface area contributed by atoms with Gasteiger partial charge in [0.25, 0.3) is 11.6 Å². The first kappa shape index (κ1) is 16.4. The first-order chi connectivity index (χ1) is 13.1. The predicted octanol–water partition coefficient (Wildman–Crippen LogP) is 4.05. The van der Waals surface area contributed by atoms with Gasteiger partial charge >= 0.3 is 0 Å². The third-order valence-corrected chi connectivity index (χ3v) is 3.89. The summed E-state index contributed by atoms with van der Waals surface area (Å²) in [6, 6.07) is 14.1. The van der Waals surface area contributed by atoms with Gasteiger partial charge in [0.15, 0.2) is 5.58 Å². The molecule has 0 aliphatic rings. The maximum absolute atomic E-state index is 12.3. The van der Waals surface area contributed by atoms with Crippen molar-refractivity contribution in [3.05, 3.63) is 82.7 Å². The fourth-order valence-corrected chi connectivity index (χ4v) is 2.56. The first-order valence-corrected chi connectivity index (χ1v) is 7.97. The van der Waals surface area contributed by atoms with E-state index in [1.807, 2.05) is 6.07 Å². The van der Waals surface area contributed by atoms with Gasteiger partial charge in [0.05, 0.1) is 10.5 Å². The molecule has 4 aromatic rings. The number of fused-ring (bicyclic) bond motifs is 1. The quantitative estimate of drug-likeness (QED) is 0.434. The molecule has 0 radical (unpaired) electrons. The molecule has 0 spiro atoms. The fourth-order valence-electron chi connectivity index (χ4n) is 2.56. The smallest absolute Gasteiger partial charge is 0.269 e. The van der Waals surface area contributed by atoms with Crippen LogP contribution in [-0.2, 0) is 0 Å². The van der Waals surface area contributed by atoms with Gasteiger partial charge in [0.2, 0.25) is 5.89 Å². The van der Waals surface area contributed by atoms with Gasteiger partial charge in [-0.25, -0.2) is 4.98 Å². The van der Waals surface area contributed by atoms with Crippen LogP contribution in [-0.4, -0.2) is 20.8 Å². The molecule has 132 valence electrons. The number of non-ortho nitro benzene ring substituents is 1. The lowest BCUT2D eigenvalue weighted by Crippen LogP contribution is -2.11. The number of pyridine rings is 1. The number of rotatable bonds is 4. The monoisotopic (exact) mass is 360 g/mol. The lowest BCUT2D eigenvalue weighted by molar-refractivity contribution is -0.384. The van der Waals surface area contributed by atoms with Gasteiger partial charge in [-0.05, 0) is 42.5 Å². The Morgan fingerprint density at radius 1 is 1.11 bits per heavy atom. The van der Waals surface area contributed by atoms with Gasteiger partial charge in [-0.3, -0.25) is 19.9 Å². The van der Waals surface area contributed by atoms with Gasteiger partial charge in [0, 0.05) is 35.8 Å². The summed E-state index contributed by atoms with van der Waals surface area (Å²) in [5.41, 5.74) is 2.72.